The average Bonchev–Trinajstić information content (AvgIpc) is 1.86. The van der Waals surface area contributed by atoms with E-state index >= 15 is 0 Å². The molecule has 0 saturated heterocycles. The van der Waals surface area contributed by atoms with Crippen LogP contribution in [0, 0.1) is 0 Å². The van der Waals surface area contributed by atoms with Gasteiger partial charge in [-0.15, -0.1) is 0 Å². The summed E-state index contributed by atoms with van der Waals surface area (Å²) >= 11 is 0. The van der Waals surface area contributed by atoms with Crippen LogP contribution in [0.15, 0.2) is 0 Å². The SMILES string of the molecule is COCCO[C@H](C)OC(C)=O. The lowest BCUT2D eigenvalue weighted by molar-refractivity contribution is -0.173. The van der Waals surface area contributed by atoms with Gasteiger partial charge in [-0.2, -0.15) is 0 Å². The quantitative estimate of drug-likeness (QED) is 0.336. The fourth-order valence-corrected chi connectivity index (χ4v) is 0.565. The van der Waals surface area contributed by atoms with E-state index in [1.165, 1.54) is 6.92 Å². The maximum atomic E-state index is 10.4. The van der Waals surface area contributed by atoms with Crippen LogP contribution in [-0.4, -0.2) is 32.6 Å². The number of rotatable bonds is 5. The molecule has 0 aromatic rings. The summed E-state index contributed by atoms with van der Waals surface area (Å²) in [5.41, 5.74) is 0. The minimum absolute atomic E-state index is 0.338. The van der Waals surface area contributed by atoms with Crippen LogP contribution in [0.25, 0.3) is 0 Å². The molecule has 0 heterocycles. The third-order valence-corrected chi connectivity index (χ3v) is 0.972. The maximum Gasteiger partial charge on any atom is 0.304 e. The van der Waals surface area contributed by atoms with Gasteiger partial charge in [-0.3, -0.25) is 4.79 Å². The van der Waals surface area contributed by atoms with E-state index in [1.807, 2.05) is 0 Å². The van der Waals surface area contributed by atoms with Crippen molar-refractivity contribution in [3.63, 3.8) is 0 Å². The third-order valence-electron chi connectivity index (χ3n) is 0.972. The second kappa shape index (κ2) is 6.12. The van der Waals surface area contributed by atoms with E-state index in [4.69, 9.17) is 9.47 Å². The molecule has 0 N–H and O–H groups in total. The molecule has 11 heavy (non-hydrogen) atoms. The van der Waals surface area contributed by atoms with Gasteiger partial charge in [-0.1, -0.05) is 0 Å². The fraction of sp³-hybridized carbons (Fsp3) is 0.857. The van der Waals surface area contributed by atoms with Crippen molar-refractivity contribution in [1.82, 2.24) is 0 Å². The van der Waals surface area contributed by atoms with E-state index in [0.717, 1.165) is 0 Å². The van der Waals surface area contributed by atoms with E-state index in [-0.39, 0.29) is 5.97 Å². The molecule has 4 nitrogen and oxygen atoms in total. The lowest BCUT2D eigenvalue weighted by Gasteiger charge is -2.11. The molecule has 0 aromatic heterocycles. The molecule has 4 heteroatoms. The molecule has 0 rings (SSSR count). The molecular formula is C7H14O4. The van der Waals surface area contributed by atoms with Crippen LogP contribution in [0.2, 0.25) is 0 Å². The summed E-state index contributed by atoms with van der Waals surface area (Å²) in [5, 5.41) is 0. The van der Waals surface area contributed by atoms with Gasteiger partial charge in [0.2, 0.25) is 0 Å². The molecule has 0 radical (unpaired) electrons. The minimum atomic E-state index is -0.484. The number of esters is 1. The molecule has 0 aromatic carbocycles. The Kier molecular flexibility index (Phi) is 5.78. The topological polar surface area (TPSA) is 44.8 Å². The van der Waals surface area contributed by atoms with E-state index in [2.05, 4.69) is 4.74 Å². The Morgan fingerprint density at radius 3 is 2.55 bits per heavy atom. The molecule has 0 unspecified atom stereocenters. The highest BCUT2D eigenvalue weighted by molar-refractivity contribution is 5.65. The first-order valence-corrected chi connectivity index (χ1v) is 3.44. The molecule has 0 amide bonds. The Balaban J connectivity index is 3.22. The number of methoxy groups -OCH3 is 1. The van der Waals surface area contributed by atoms with Gasteiger partial charge in [0.25, 0.3) is 0 Å². The Bertz CT molecular complexity index is 113. The van der Waals surface area contributed by atoms with Crippen LogP contribution >= 0.6 is 0 Å². The molecule has 0 aliphatic carbocycles. The summed E-state index contributed by atoms with van der Waals surface area (Å²) < 4.78 is 14.4. The Labute approximate surface area is 66.4 Å². The molecule has 0 bridgehead atoms. The van der Waals surface area contributed by atoms with Crippen LogP contribution in [-0.2, 0) is 19.0 Å². The minimum Gasteiger partial charge on any atom is -0.436 e. The van der Waals surface area contributed by atoms with Crippen molar-refractivity contribution in [1.29, 1.82) is 0 Å². The van der Waals surface area contributed by atoms with Crippen molar-refractivity contribution in [2.24, 2.45) is 0 Å². The van der Waals surface area contributed by atoms with Gasteiger partial charge in [-0.05, 0) is 6.92 Å². The third kappa shape index (κ3) is 7.29. The normalized spacial score (nSPS) is 12.6. The smallest absolute Gasteiger partial charge is 0.304 e. The lowest BCUT2D eigenvalue weighted by Crippen LogP contribution is -2.18. The zero-order chi connectivity index (χ0) is 8.69. The van der Waals surface area contributed by atoms with Crippen molar-refractivity contribution in [2.45, 2.75) is 20.1 Å². The predicted molar refractivity (Wildman–Crippen MR) is 39.1 cm³/mol. The van der Waals surface area contributed by atoms with E-state index in [0.29, 0.717) is 13.2 Å². The van der Waals surface area contributed by atoms with Crippen molar-refractivity contribution >= 4 is 5.97 Å². The van der Waals surface area contributed by atoms with Crippen molar-refractivity contribution in [2.75, 3.05) is 20.3 Å². The summed E-state index contributed by atoms with van der Waals surface area (Å²) in [6.07, 6.45) is -0.484. The van der Waals surface area contributed by atoms with Gasteiger partial charge in [0.05, 0.1) is 13.2 Å². The predicted octanol–water partition coefficient (Wildman–Crippen LogP) is 0.558. The fourth-order valence-electron chi connectivity index (χ4n) is 0.565. The monoisotopic (exact) mass is 162 g/mol. The van der Waals surface area contributed by atoms with E-state index in [1.54, 1.807) is 14.0 Å². The summed E-state index contributed by atoms with van der Waals surface area (Å²) in [7, 11) is 1.58. The number of carbonyl (C=O) groups excluding carboxylic acids is 1. The van der Waals surface area contributed by atoms with E-state index in [9.17, 15) is 4.79 Å². The van der Waals surface area contributed by atoms with Crippen LogP contribution in [0.1, 0.15) is 13.8 Å². The van der Waals surface area contributed by atoms with Crippen LogP contribution in [0.5, 0.6) is 0 Å². The molecular weight excluding hydrogens is 148 g/mol. The zero-order valence-corrected chi connectivity index (χ0v) is 7.12. The Morgan fingerprint density at radius 2 is 2.09 bits per heavy atom. The van der Waals surface area contributed by atoms with Crippen molar-refractivity contribution in [3.05, 3.63) is 0 Å². The summed E-state index contributed by atoms with van der Waals surface area (Å²) in [4.78, 5) is 10.4. The average molecular weight is 162 g/mol. The van der Waals surface area contributed by atoms with Crippen molar-refractivity contribution < 1.29 is 19.0 Å². The summed E-state index contributed by atoms with van der Waals surface area (Å²) in [5.74, 6) is -0.338. The standard InChI is InChI=1S/C7H14O4/c1-6(8)11-7(2)10-5-4-9-3/h7H,4-5H2,1-3H3/t7-/m0/s1. The van der Waals surface area contributed by atoms with Gasteiger partial charge >= 0.3 is 5.97 Å². The van der Waals surface area contributed by atoms with Gasteiger partial charge in [0, 0.05) is 14.0 Å². The summed E-state index contributed by atoms with van der Waals surface area (Å²) in [6, 6.07) is 0. The van der Waals surface area contributed by atoms with E-state index < -0.39 is 6.29 Å². The first-order chi connectivity index (χ1) is 5.16. The van der Waals surface area contributed by atoms with Crippen LogP contribution < -0.4 is 0 Å². The molecule has 66 valence electrons. The maximum absolute atomic E-state index is 10.4. The molecule has 0 fully saturated rings. The molecule has 0 saturated carbocycles. The number of hydrogen-bond acceptors (Lipinski definition) is 4. The van der Waals surface area contributed by atoms with Gasteiger partial charge in [0.1, 0.15) is 0 Å². The highest BCUT2D eigenvalue weighted by atomic mass is 16.7. The van der Waals surface area contributed by atoms with Crippen molar-refractivity contribution in [3.8, 4) is 0 Å². The van der Waals surface area contributed by atoms with Crippen LogP contribution in [0.3, 0.4) is 0 Å². The summed E-state index contributed by atoms with van der Waals surface area (Å²) in [6.45, 7) is 3.95. The highest BCUT2D eigenvalue weighted by Crippen LogP contribution is 1.92. The van der Waals surface area contributed by atoms with Gasteiger partial charge < -0.3 is 14.2 Å². The zero-order valence-electron chi connectivity index (χ0n) is 7.12. The first kappa shape index (κ1) is 10.4. The second-order valence-electron chi connectivity index (χ2n) is 2.04. The van der Waals surface area contributed by atoms with Crippen LogP contribution in [0.4, 0.5) is 0 Å². The molecule has 0 aliphatic heterocycles. The first-order valence-electron chi connectivity index (χ1n) is 3.44. The van der Waals surface area contributed by atoms with Gasteiger partial charge in [0.15, 0.2) is 6.29 Å². The largest absolute Gasteiger partial charge is 0.436 e. The molecule has 1 atom stereocenters. The molecule has 0 aliphatic rings. The number of ether oxygens (including phenoxy) is 3. The Morgan fingerprint density at radius 1 is 1.45 bits per heavy atom. The second-order valence-corrected chi connectivity index (χ2v) is 2.04. The highest BCUT2D eigenvalue weighted by Gasteiger charge is 2.03. The number of carbonyl (C=O) groups is 1. The lowest BCUT2D eigenvalue weighted by atomic mass is 10.7. The number of hydrogen-bond donors (Lipinski definition) is 0. The van der Waals surface area contributed by atoms with Gasteiger partial charge in [-0.25, -0.2) is 0 Å². The molecule has 0 spiro atoms. The Hall–Kier alpha value is -0.610.